The van der Waals surface area contributed by atoms with Crippen molar-refractivity contribution in [3.8, 4) is 5.75 Å². The smallest absolute Gasteiger partial charge is 0.124 e. The Balaban J connectivity index is 1.37. The van der Waals surface area contributed by atoms with Gasteiger partial charge in [-0.2, -0.15) is 0 Å². The molecule has 4 aliphatic carbocycles. The molecule has 0 saturated heterocycles. The molecule has 3 aromatic carbocycles. The molecule has 0 spiro atoms. The van der Waals surface area contributed by atoms with Crippen molar-refractivity contribution in [2.24, 2.45) is 22.7 Å². The quantitative estimate of drug-likeness (QED) is 0.499. The highest BCUT2D eigenvalue weighted by atomic mass is 16.3. The van der Waals surface area contributed by atoms with Crippen molar-refractivity contribution in [2.75, 3.05) is 0 Å². The van der Waals surface area contributed by atoms with Crippen LogP contribution in [0.1, 0.15) is 49.7 Å². The Bertz CT molecular complexity index is 1070. The lowest BCUT2D eigenvalue weighted by atomic mass is 9.48. The van der Waals surface area contributed by atoms with Crippen LogP contribution in [-0.4, -0.2) is 11.3 Å². The van der Waals surface area contributed by atoms with Crippen LogP contribution >= 0.6 is 0 Å². The van der Waals surface area contributed by atoms with Crippen molar-refractivity contribution in [3.05, 3.63) is 71.8 Å². The Hall–Kier alpha value is -2.61. The molecule has 4 fully saturated rings. The second-order valence-electron chi connectivity index (χ2n) is 9.73. The van der Waals surface area contributed by atoms with Gasteiger partial charge < -0.3 is 5.11 Å². The molecule has 0 aromatic heterocycles. The molecule has 2 nitrogen and oxygen atoms in total. The first-order valence-corrected chi connectivity index (χ1v) is 11.0. The number of aliphatic imine (C=N–C) groups is 1. The molecular weight excluding hydrogens is 354 g/mol. The van der Waals surface area contributed by atoms with Crippen molar-refractivity contribution in [1.29, 1.82) is 0 Å². The molecular formula is C27H27NO. The van der Waals surface area contributed by atoms with Crippen molar-refractivity contribution < 1.29 is 5.11 Å². The Labute approximate surface area is 172 Å². The van der Waals surface area contributed by atoms with E-state index in [-0.39, 0.29) is 0 Å². The molecule has 0 radical (unpaired) electrons. The van der Waals surface area contributed by atoms with Crippen LogP contribution in [0.15, 0.2) is 65.7 Å². The van der Waals surface area contributed by atoms with Crippen LogP contribution in [0.3, 0.4) is 0 Å². The zero-order valence-electron chi connectivity index (χ0n) is 16.7. The van der Waals surface area contributed by atoms with E-state index in [2.05, 4.69) is 36.4 Å². The third-order valence-corrected chi connectivity index (χ3v) is 7.79. The first-order valence-electron chi connectivity index (χ1n) is 11.0. The van der Waals surface area contributed by atoms with Gasteiger partial charge in [-0.3, -0.25) is 4.99 Å². The molecule has 0 unspecified atom stereocenters. The summed E-state index contributed by atoms with van der Waals surface area (Å²) in [4.78, 5) is 4.77. The van der Waals surface area contributed by atoms with Crippen LogP contribution in [0.5, 0.6) is 5.75 Å². The van der Waals surface area contributed by atoms with E-state index in [1.807, 2.05) is 30.5 Å². The number of phenols is 1. The van der Waals surface area contributed by atoms with Gasteiger partial charge in [0.05, 0.1) is 5.69 Å². The van der Waals surface area contributed by atoms with Crippen molar-refractivity contribution in [2.45, 2.75) is 43.9 Å². The highest BCUT2D eigenvalue weighted by Gasteiger charge is 2.51. The summed E-state index contributed by atoms with van der Waals surface area (Å²) in [6.45, 7) is 0. The molecule has 3 aromatic rings. The number of benzene rings is 3. The molecule has 146 valence electrons. The van der Waals surface area contributed by atoms with Gasteiger partial charge in [-0.15, -0.1) is 0 Å². The van der Waals surface area contributed by atoms with Crippen molar-refractivity contribution in [1.82, 2.24) is 0 Å². The summed E-state index contributed by atoms with van der Waals surface area (Å²) >= 11 is 0. The zero-order valence-corrected chi connectivity index (χ0v) is 16.7. The number of phenolic OH excluding ortho intramolecular Hbond substituents is 1. The number of nitrogens with zero attached hydrogens (tertiary/aromatic N) is 1. The Morgan fingerprint density at radius 1 is 0.828 bits per heavy atom. The van der Waals surface area contributed by atoms with Crippen LogP contribution in [-0.2, 0) is 5.41 Å². The molecule has 29 heavy (non-hydrogen) atoms. The van der Waals surface area contributed by atoms with Crippen LogP contribution < -0.4 is 0 Å². The molecule has 0 heterocycles. The molecule has 0 aliphatic heterocycles. The first kappa shape index (κ1) is 17.3. The maximum Gasteiger partial charge on any atom is 0.124 e. The molecule has 2 heteroatoms. The van der Waals surface area contributed by atoms with Gasteiger partial charge in [0.1, 0.15) is 5.75 Å². The van der Waals surface area contributed by atoms with E-state index in [1.54, 1.807) is 0 Å². The molecule has 0 amide bonds. The molecule has 7 rings (SSSR count). The molecule has 1 N–H and O–H groups in total. The predicted octanol–water partition coefficient (Wildman–Crippen LogP) is 6.76. The largest absolute Gasteiger partial charge is 0.507 e. The van der Waals surface area contributed by atoms with Gasteiger partial charge in [0.2, 0.25) is 0 Å². The normalized spacial score (nSPS) is 30.4. The average molecular weight is 382 g/mol. The Morgan fingerprint density at radius 3 is 2.28 bits per heavy atom. The topological polar surface area (TPSA) is 32.6 Å². The second kappa shape index (κ2) is 6.45. The van der Waals surface area contributed by atoms with E-state index in [1.165, 1.54) is 49.5 Å². The number of fused-ring (bicyclic) bond motifs is 1. The summed E-state index contributed by atoms with van der Waals surface area (Å²) in [5, 5.41) is 12.8. The average Bonchev–Trinajstić information content (AvgIpc) is 2.72. The van der Waals surface area contributed by atoms with Crippen LogP contribution in [0, 0.1) is 17.8 Å². The SMILES string of the molecule is Oc1ccc(C23CC4CC(CC(C4)C2)C3)cc1C=Nc1cccc2ccccc12. The molecule has 4 saturated carbocycles. The van der Waals surface area contributed by atoms with E-state index in [0.29, 0.717) is 11.2 Å². The predicted molar refractivity (Wildman–Crippen MR) is 119 cm³/mol. The molecule has 4 aliphatic rings. The lowest BCUT2D eigenvalue weighted by molar-refractivity contribution is -0.00520. The Morgan fingerprint density at radius 2 is 1.52 bits per heavy atom. The minimum absolute atomic E-state index is 0.322. The van der Waals surface area contributed by atoms with Crippen molar-refractivity contribution >= 4 is 22.7 Å². The maximum absolute atomic E-state index is 10.5. The highest BCUT2D eigenvalue weighted by Crippen LogP contribution is 2.60. The first-order chi connectivity index (χ1) is 14.2. The number of hydrogen-bond acceptors (Lipinski definition) is 2. The summed E-state index contributed by atoms with van der Waals surface area (Å²) < 4.78 is 0. The fourth-order valence-corrected chi connectivity index (χ4v) is 6.91. The Kier molecular flexibility index (Phi) is 3.84. The van der Waals surface area contributed by atoms with Gasteiger partial charge >= 0.3 is 0 Å². The third-order valence-electron chi connectivity index (χ3n) is 7.79. The highest BCUT2D eigenvalue weighted by molar-refractivity contribution is 5.95. The van der Waals surface area contributed by atoms with Gasteiger partial charge in [-0.25, -0.2) is 0 Å². The van der Waals surface area contributed by atoms with E-state index >= 15 is 0 Å². The van der Waals surface area contributed by atoms with Gasteiger partial charge in [0.15, 0.2) is 0 Å². The fraction of sp³-hybridized carbons (Fsp3) is 0.370. The second-order valence-corrected chi connectivity index (χ2v) is 9.73. The van der Waals surface area contributed by atoms with Gasteiger partial charge in [0, 0.05) is 17.2 Å². The van der Waals surface area contributed by atoms with E-state index in [9.17, 15) is 5.11 Å². The monoisotopic (exact) mass is 381 g/mol. The van der Waals surface area contributed by atoms with E-state index in [4.69, 9.17) is 4.99 Å². The third kappa shape index (κ3) is 2.88. The standard InChI is InChI=1S/C27H27NO/c29-26-9-8-23(27-14-18-10-19(15-27)12-20(11-18)16-27)13-22(26)17-28-25-7-3-5-21-4-1-2-6-24(21)25/h1-9,13,17-20,29H,10-12,14-16H2. The molecule has 0 atom stereocenters. The van der Waals surface area contributed by atoms with Crippen molar-refractivity contribution in [3.63, 3.8) is 0 Å². The molecule has 4 bridgehead atoms. The summed E-state index contributed by atoms with van der Waals surface area (Å²) in [5.74, 6) is 3.08. The minimum atomic E-state index is 0.322. The van der Waals surface area contributed by atoms with Gasteiger partial charge in [-0.1, -0.05) is 42.5 Å². The van der Waals surface area contributed by atoms with E-state index < -0.39 is 0 Å². The number of rotatable bonds is 3. The maximum atomic E-state index is 10.5. The number of aromatic hydroxyl groups is 1. The van der Waals surface area contributed by atoms with Crippen LogP contribution in [0.2, 0.25) is 0 Å². The summed E-state index contributed by atoms with van der Waals surface area (Å²) in [6, 6.07) is 20.8. The van der Waals surface area contributed by atoms with Gasteiger partial charge in [0.25, 0.3) is 0 Å². The summed E-state index contributed by atoms with van der Waals surface area (Å²) in [7, 11) is 0. The van der Waals surface area contributed by atoms with E-state index in [0.717, 1.165) is 34.4 Å². The summed E-state index contributed by atoms with van der Waals surface area (Å²) in [5.41, 5.74) is 3.55. The lowest BCUT2D eigenvalue weighted by Gasteiger charge is -2.57. The fourth-order valence-electron chi connectivity index (χ4n) is 6.91. The van der Waals surface area contributed by atoms with Crippen LogP contribution in [0.4, 0.5) is 5.69 Å². The van der Waals surface area contributed by atoms with Gasteiger partial charge in [-0.05, 0) is 90.8 Å². The summed E-state index contributed by atoms with van der Waals surface area (Å²) in [6.07, 6.45) is 10.2. The zero-order chi connectivity index (χ0) is 19.4. The minimum Gasteiger partial charge on any atom is -0.507 e. The van der Waals surface area contributed by atoms with Crippen LogP contribution in [0.25, 0.3) is 10.8 Å². The number of hydrogen-bond donors (Lipinski definition) is 1. The lowest BCUT2D eigenvalue weighted by Crippen LogP contribution is -2.48.